The van der Waals surface area contributed by atoms with Gasteiger partial charge in [0.25, 0.3) is 0 Å². The zero-order valence-electron chi connectivity index (χ0n) is 15.8. The lowest BCUT2D eigenvalue weighted by Crippen LogP contribution is -2.32. The zero-order valence-corrected chi connectivity index (χ0v) is 15.8. The summed E-state index contributed by atoms with van der Waals surface area (Å²) in [5.41, 5.74) is 1.21. The molecule has 26 heavy (non-hydrogen) atoms. The molecule has 1 N–H and O–H groups in total. The van der Waals surface area contributed by atoms with Crippen molar-refractivity contribution in [2.45, 2.75) is 57.5 Å². The normalized spacial score (nSPS) is 26.5. The minimum Gasteiger partial charge on any atom is -0.490 e. The Morgan fingerprint density at radius 3 is 2.54 bits per heavy atom. The number of nitrogens with zero attached hydrogens (tertiary/aromatic N) is 1. The third-order valence-corrected chi connectivity index (χ3v) is 6.50. The van der Waals surface area contributed by atoms with Gasteiger partial charge in [-0.1, -0.05) is 12.1 Å². The van der Waals surface area contributed by atoms with Gasteiger partial charge in [0.2, 0.25) is 5.91 Å². The van der Waals surface area contributed by atoms with Crippen molar-refractivity contribution in [3.8, 4) is 5.75 Å². The summed E-state index contributed by atoms with van der Waals surface area (Å²) in [5, 5.41) is 3.50. The highest BCUT2D eigenvalue weighted by atomic mass is 16.5. The molecule has 1 aromatic rings. The molecule has 4 rings (SSSR count). The lowest BCUT2D eigenvalue weighted by molar-refractivity contribution is -0.131. The second-order valence-electron chi connectivity index (χ2n) is 8.31. The molecular formula is C22H32N2O2. The number of ether oxygens (including phenoxy) is 1. The number of aryl methyl sites for hydroxylation is 1. The summed E-state index contributed by atoms with van der Waals surface area (Å²) >= 11 is 0. The Balaban J connectivity index is 1.27. The molecule has 2 atom stereocenters. The number of likely N-dealkylation sites (tertiary alicyclic amines) is 1. The van der Waals surface area contributed by atoms with Crippen molar-refractivity contribution in [2.24, 2.45) is 11.8 Å². The molecule has 1 aromatic carbocycles. The Kier molecular flexibility index (Phi) is 5.78. The van der Waals surface area contributed by atoms with E-state index in [1.54, 1.807) is 0 Å². The number of hydrogen-bond donors (Lipinski definition) is 1. The van der Waals surface area contributed by atoms with E-state index in [1.807, 2.05) is 6.07 Å². The van der Waals surface area contributed by atoms with Crippen LogP contribution in [0.4, 0.5) is 0 Å². The van der Waals surface area contributed by atoms with Crippen LogP contribution in [-0.4, -0.2) is 43.1 Å². The Morgan fingerprint density at radius 1 is 1.08 bits per heavy atom. The molecule has 0 radical (unpaired) electrons. The number of carbonyl (C=O) groups excluding carboxylic acids is 1. The van der Waals surface area contributed by atoms with E-state index in [4.69, 9.17) is 4.74 Å². The molecule has 1 aliphatic carbocycles. The third kappa shape index (κ3) is 4.40. The van der Waals surface area contributed by atoms with Crippen molar-refractivity contribution in [1.82, 2.24) is 10.2 Å². The predicted octanol–water partition coefficient (Wildman–Crippen LogP) is 3.40. The number of rotatable bonds is 5. The Labute approximate surface area is 157 Å². The molecule has 0 unspecified atom stereocenters. The van der Waals surface area contributed by atoms with Gasteiger partial charge < -0.3 is 15.0 Å². The first-order valence-corrected chi connectivity index (χ1v) is 10.5. The van der Waals surface area contributed by atoms with Crippen LogP contribution in [-0.2, 0) is 11.2 Å². The molecule has 4 nitrogen and oxygen atoms in total. The fraction of sp³-hybridized carbons (Fsp3) is 0.682. The number of nitrogens with one attached hydrogen (secondary N) is 1. The van der Waals surface area contributed by atoms with Crippen molar-refractivity contribution in [3.63, 3.8) is 0 Å². The lowest BCUT2D eigenvalue weighted by atomic mass is 9.92. The highest BCUT2D eigenvalue weighted by molar-refractivity contribution is 5.76. The average Bonchev–Trinajstić information content (AvgIpc) is 3.29. The van der Waals surface area contributed by atoms with Gasteiger partial charge in [-0.15, -0.1) is 0 Å². The molecule has 0 spiro atoms. The van der Waals surface area contributed by atoms with E-state index in [0.717, 1.165) is 63.0 Å². The Morgan fingerprint density at radius 2 is 1.81 bits per heavy atom. The van der Waals surface area contributed by atoms with E-state index in [0.29, 0.717) is 18.4 Å². The molecule has 1 saturated carbocycles. The number of amides is 1. The van der Waals surface area contributed by atoms with E-state index in [-0.39, 0.29) is 0 Å². The minimum atomic E-state index is 0.319. The fourth-order valence-electron chi connectivity index (χ4n) is 4.85. The van der Waals surface area contributed by atoms with E-state index in [1.165, 1.54) is 31.2 Å². The molecule has 3 aliphatic rings. The smallest absolute Gasteiger partial charge is 0.222 e. The summed E-state index contributed by atoms with van der Waals surface area (Å²) in [7, 11) is 0. The van der Waals surface area contributed by atoms with Crippen LogP contribution in [0.2, 0.25) is 0 Å². The Bertz CT molecular complexity index is 598. The highest BCUT2D eigenvalue weighted by Gasteiger charge is 2.31. The van der Waals surface area contributed by atoms with Crippen LogP contribution in [0.15, 0.2) is 24.3 Å². The van der Waals surface area contributed by atoms with Crippen LogP contribution in [0, 0.1) is 11.8 Å². The monoisotopic (exact) mass is 356 g/mol. The second-order valence-corrected chi connectivity index (χ2v) is 8.31. The summed E-state index contributed by atoms with van der Waals surface area (Å²) in [6.45, 7) is 4.15. The number of carbonyl (C=O) groups is 1. The molecule has 0 bridgehead atoms. The topological polar surface area (TPSA) is 41.6 Å². The lowest BCUT2D eigenvalue weighted by Gasteiger charge is -2.21. The van der Waals surface area contributed by atoms with Crippen molar-refractivity contribution < 1.29 is 9.53 Å². The zero-order chi connectivity index (χ0) is 17.8. The maximum absolute atomic E-state index is 12.7. The second kappa shape index (κ2) is 8.43. The summed E-state index contributed by atoms with van der Waals surface area (Å²) in [6.07, 6.45) is 9.05. The van der Waals surface area contributed by atoms with E-state index in [2.05, 4.69) is 28.4 Å². The number of hydrogen-bond acceptors (Lipinski definition) is 3. The largest absolute Gasteiger partial charge is 0.490 e. The molecule has 142 valence electrons. The van der Waals surface area contributed by atoms with Gasteiger partial charge in [-0.3, -0.25) is 4.79 Å². The quantitative estimate of drug-likeness (QED) is 0.879. The molecule has 2 saturated heterocycles. The Hall–Kier alpha value is -1.55. The first-order chi connectivity index (χ1) is 12.8. The highest BCUT2D eigenvalue weighted by Crippen LogP contribution is 2.28. The summed E-state index contributed by atoms with van der Waals surface area (Å²) in [4.78, 5) is 14.8. The van der Waals surface area contributed by atoms with Crippen LogP contribution < -0.4 is 10.1 Å². The minimum absolute atomic E-state index is 0.319. The maximum atomic E-state index is 12.7. The van der Waals surface area contributed by atoms with Crippen LogP contribution in [0.3, 0.4) is 0 Å². The number of benzene rings is 1. The van der Waals surface area contributed by atoms with Crippen molar-refractivity contribution in [1.29, 1.82) is 0 Å². The van der Waals surface area contributed by atoms with Gasteiger partial charge in [0.1, 0.15) is 5.75 Å². The van der Waals surface area contributed by atoms with Gasteiger partial charge in [-0.05, 0) is 87.6 Å². The molecule has 3 fully saturated rings. The van der Waals surface area contributed by atoms with E-state index >= 15 is 0 Å². The summed E-state index contributed by atoms with van der Waals surface area (Å²) in [5.74, 6) is 2.84. The molecule has 1 amide bonds. The third-order valence-electron chi connectivity index (χ3n) is 6.50. The SMILES string of the molecule is O=C(CCc1cccc(OC2CCCC2)c1)N1CC[C@@H]2CNC[C@@H]2CC1. The van der Waals surface area contributed by atoms with Crippen LogP contribution in [0.25, 0.3) is 0 Å². The summed E-state index contributed by atoms with van der Waals surface area (Å²) in [6, 6.07) is 8.35. The van der Waals surface area contributed by atoms with Crippen LogP contribution >= 0.6 is 0 Å². The molecular weight excluding hydrogens is 324 g/mol. The standard InChI is InChI=1S/C22H32N2O2/c25-22(24-12-10-18-15-23-16-19(18)11-13-24)9-8-17-4-3-7-21(14-17)26-20-5-1-2-6-20/h3-4,7,14,18-20,23H,1-2,5-6,8-13,15-16H2/t18-,19+. The van der Waals surface area contributed by atoms with Crippen LogP contribution in [0.1, 0.15) is 50.5 Å². The van der Waals surface area contributed by atoms with Gasteiger partial charge in [-0.25, -0.2) is 0 Å². The van der Waals surface area contributed by atoms with Crippen molar-refractivity contribution in [2.75, 3.05) is 26.2 Å². The molecule has 2 heterocycles. The van der Waals surface area contributed by atoms with Crippen molar-refractivity contribution >= 4 is 5.91 Å². The molecule has 0 aromatic heterocycles. The van der Waals surface area contributed by atoms with E-state index < -0.39 is 0 Å². The fourth-order valence-corrected chi connectivity index (χ4v) is 4.85. The van der Waals surface area contributed by atoms with E-state index in [9.17, 15) is 4.79 Å². The van der Waals surface area contributed by atoms with Crippen LogP contribution in [0.5, 0.6) is 5.75 Å². The first kappa shape index (κ1) is 17.8. The molecule has 2 aliphatic heterocycles. The average molecular weight is 357 g/mol. The summed E-state index contributed by atoms with van der Waals surface area (Å²) < 4.78 is 6.10. The van der Waals surface area contributed by atoms with Gasteiger partial charge in [0.15, 0.2) is 0 Å². The molecule has 4 heteroatoms. The van der Waals surface area contributed by atoms with Gasteiger partial charge >= 0.3 is 0 Å². The van der Waals surface area contributed by atoms with Gasteiger partial charge in [-0.2, -0.15) is 0 Å². The maximum Gasteiger partial charge on any atom is 0.222 e. The van der Waals surface area contributed by atoms with Gasteiger partial charge in [0, 0.05) is 19.5 Å². The predicted molar refractivity (Wildman–Crippen MR) is 103 cm³/mol. The van der Waals surface area contributed by atoms with Gasteiger partial charge in [0.05, 0.1) is 6.10 Å². The number of fused-ring (bicyclic) bond motifs is 1. The first-order valence-electron chi connectivity index (χ1n) is 10.5. The van der Waals surface area contributed by atoms with Crippen molar-refractivity contribution in [3.05, 3.63) is 29.8 Å².